The summed E-state index contributed by atoms with van der Waals surface area (Å²) in [4.78, 5) is 0. The number of pyridine rings is 1. The zero-order valence-electron chi connectivity index (χ0n) is 9.71. The third-order valence-electron chi connectivity index (χ3n) is 2.73. The summed E-state index contributed by atoms with van der Waals surface area (Å²) in [6.45, 7) is 4.30. The van der Waals surface area contributed by atoms with Gasteiger partial charge in [-0.25, -0.2) is 0 Å². The summed E-state index contributed by atoms with van der Waals surface area (Å²) in [7, 11) is -4.18. The smallest absolute Gasteiger partial charge is 0.277 e. The van der Waals surface area contributed by atoms with Gasteiger partial charge in [0.15, 0.2) is 0 Å². The lowest BCUT2D eigenvalue weighted by molar-refractivity contribution is -0.706. The average Bonchev–Trinajstić information content (AvgIpc) is 2.25. The molecule has 90 valence electrons. The van der Waals surface area contributed by atoms with Crippen LogP contribution in [0.25, 0.3) is 10.9 Å². The highest BCUT2D eigenvalue weighted by Gasteiger charge is 2.24. The van der Waals surface area contributed by atoms with E-state index in [2.05, 4.69) is 0 Å². The van der Waals surface area contributed by atoms with Crippen LogP contribution in [0.2, 0.25) is 0 Å². The molecule has 0 aliphatic rings. The quantitative estimate of drug-likeness (QED) is 0.653. The van der Waals surface area contributed by atoms with Gasteiger partial charge in [-0.1, -0.05) is 11.6 Å². The Morgan fingerprint density at radius 1 is 1.24 bits per heavy atom. The minimum atomic E-state index is -4.18. The first-order valence-corrected chi connectivity index (χ1v) is 6.78. The van der Waals surface area contributed by atoms with Crippen molar-refractivity contribution < 1.29 is 17.5 Å². The van der Waals surface area contributed by atoms with E-state index in [1.165, 1.54) is 6.07 Å². The van der Waals surface area contributed by atoms with Gasteiger partial charge in [0, 0.05) is 17.5 Å². The maximum absolute atomic E-state index is 11.3. The Balaban J connectivity index is 2.88. The molecule has 0 bridgehead atoms. The fourth-order valence-electron chi connectivity index (χ4n) is 1.97. The van der Waals surface area contributed by atoms with Crippen molar-refractivity contribution in [1.82, 2.24) is 0 Å². The molecule has 0 aliphatic heterocycles. The molecule has 0 unspecified atom stereocenters. The van der Waals surface area contributed by atoms with Gasteiger partial charge >= 0.3 is 15.1 Å². The molecule has 2 aromatic rings. The molecule has 1 heterocycles. The molecule has 1 aromatic carbocycles. The van der Waals surface area contributed by atoms with Gasteiger partial charge in [-0.05, 0) is 26.0 Å². The number of aryl methyl sites for hydroxylation is 2. The zero-order valence-corrected chi connectivity index (χ0v) is 10.5. The van der Waals surface area contributed by atoms with Crippen molar-refractivity contribution in [3.8, 4) is 0 Å². The molecule has 0 fully saturated rings. The molecule has 0 radical (unpaired) electrons. The Morgan fingerprint density at radius 3 is 2.53 bits per heavy atom. The minimum absolute atomic E-state index is 0.0728. The fraction of sp³-hybridized carbons (Fsp3) is 0.250. The number of fused-ring (bicyclic) bond motifs is 1. The first kappa shape index (κ1) is 12.0. The summed E-state index contributed by atoms with van der Waals surface area (Å²) in [6.07, 6.45) is 0. The largest absolute Gasteiger partial charge is 0.355 e. The predicted octanol–water partition coefficient (Wildman–Crippen LogP) is 1.70. The number of aromatic nitrogens is 1. The molecule has 0 saturated heterocycles. The zero-order chi connectivity index (χ0) is 12.6. The number of nitrogens with zero attached hydrogens (tertiary/aromatic N) is 1. The van der Waals surface area contributed by atoms with Crippen LogP contribution in [0.4, 0.5) is 0 Å². The van der Waals surface area contributed by atoms with E-state index in [-0.39, 0.29) is 5.03 Å². The standard InChI is InChI=1S/C12H13NO3S/c1-3-13-11-6-4-9(2)8-10(11)5-7-12(13)17(14,15)16/h4-8H,3H2,1-2H3/p+1. The van der Waals surface area contributed by atoms with Crippen molar-refractivity contribution in [1.29, 1.82) is 0 Å². The highest BCUT2D eigenvalue weighted by Crippen LogP contribution is 2.15. The van der Waals surface area contributed by atoms with Gasteiger partial charge in [0.1, 0.15) is 6.54 Å². The van der Waals surface area contributed by atoms with Crippen molar-refractivity contribution in [2.45, 2.75) is 25.4 Å². The minimum Gasteiger partial charge on any atom is -0.277 e. The van der Waals surface area contributed by atoms with E-state index < -0.39 is 10.1 Å². The van der Waals surface area contributed by atoms with E-state index in [1.54, 1.807) is 10.6 Å². The van der Waals surface area contributed by atoms with Crippen LogP contribution in [0.3, 0.4) is 0 Å². The Kier molecular flexibility index (Phi) is 2.89. The highest BCUT2D eigenvalue weighted by molar-refractivity contribution is 7.85. The van der Waals surface area contributed by atoms with E-state index in [4.69, 9.17) is 4.55 Å². The van der Waals surface area contributed by atoms with Crippen LogP contribution in [0, 0.1) is 6.92 Å². The fourth-order valence-corrected chi connectivity index (χ4v) is 2.72. The number of rotatable bonds is 2. The van der Waals surface area contributed by atoms with E-state index in [0.717, 1.165) is 16.5 Å². The van der Waals surface area contributed by atoms with Gasteiger partial charge in [-0.2, -0.15) is 13.0 Å². The molecule has 0 amide bonds. The second-order valence-corrected chi connectivity index (χ2v) is 5.32. The molecule has 0 spiro atoms. The summed E-state index contributed by atoms with van der Waals surface area (Å²) < 4.78 is 33.3. The van der Waals surface area contributed by atoms with E-state index in [0.29, 0.717) is 6.54 Å². The first-order chi connectivity index (χ1) is 7.93. The van der Waals surface area contributed by atoms with Crippen molar-refractivity contribution in [3.05, 3.63) is 35.9 Å². The third-order valence-corrected chi connectivity index (χ3v) is 3.61. The van der Waals surface area contributed by atoms with Gasteiger partial charge < -0.3 is 0 Å². The van der Waals surface area contributed by atoms with E-state index in [1.807, 2.05) is 32.0 Å². The van der Waals surface area contributed by atoms with Gasteiger partial charge in [0.25, 0.3) is 0 Å². The third kappa shape index (κ3) is 2.16. The summed E-state index contributed by atoms with van der Waals surface area (Å²) in [6, 6.07) is 8.90. The lowest BCUT2D eigenvalue weighted by atomic mass is 10.1. The summed E-state index contributed by atoms with van der Waals surface area (Å²) in [5.41, 5.74) is 1.91. The summed E-state index contributed by atoms with van der Waals surface area (Å²) >= 11 is 0. The molecule has 0 atom stereocenters. The predicted molar refractivity (Wildman–Crippen MR) is 64.4 cm³/mol. The van der Waals surface area contributed by atoms with Crippen LogP contribution in [-0.4, -0.2) is 13.0 Å². The van der Waals surface area contributed by atoms with Crippen molar-refractivity contribution in [2.24, 2.45) is 0 Å². The SMILES string of the molecule is CC[n+]1c(S(=O)(=O)O)ccc2cc(C)ccc21. The van der Waals surface area contributed by atoms with Gasteiger partial charge in [0.05, 0.1) is 0 Å². The van der Waals surface area contributed by atoms with Crippen molar-refractivity contribution in [2.75, 3.05) is 0 Å². The maximum atomic E-state index is 11.3. The second kappa shape index (κ2) is 4.09. The monoisotopic (exact) mass is 252 g/mol. The van der Waals surface area contributed by atoms with Crippen LogP contribution in [0.1, 0.15) is 12.5 Å². The van der Waals surface area contributed by atoms with Crippen LogP contribution in [0.15, 0.2) is 35.4 Å². The maximum Gasteiger partial charge on any atom is 0.355 e. The Morgan fingerprint density at radius 2 is 1.94 bits per heavy atom. The molecule has 4 nitrogen and oxygen atoms in total. The van der Waals surface area contributed by atoms with Crippen molar-refractivity contribution in [3.63, 3.8) is 0 Å². The summed E-state index contributed by atoms with van der Waals surface area (Å²) in [5.74, 6) is 0. The van der Waals surface area contributed by atoms with Crippen LogP contribution >= 0.6 is 0 Å². The number of hydrogen-bond donors (Lipinski definition) is 1. The average molecular weight is 252 g/mol. The number of hydrogen-bond acceptors (Lipinski definition) is 2. The molecule has 1 aromatic heterocycles. The van der Waals surface area contributed by atoms with Crippen LogP contribution in [-0.2, 0) is 16.7 Å². The molecule has 0 aliphatic carbocycles. The van der Waals surface area contributed by atoms with Gasteiger partial charge in [-0.3, -0.25) is 4.55 Å². The molecule has 5 heteroatoms. The molecule has 17 heavy (non-hydrogen) atoms. The normalized spacial score (nSPS) is 11.9. The Bertz CT molecular complexity index is 677. The topological polar surface area (TPSA) is 58.2 Å². The highest BCUT2D eigenvalue weighted by atomic mass is 32.2. The molecular weight excluding hydrogens is 238 g/mol. The Hall–Kier alpha value is -1.46. The van der Waals surface area contributed by atoms with Gasteiger partial charge in [0.2, 0.25) is 5.52 Å². The lowest BCUT2D eigenvalue weighted by Crippen LogP contribution is -2.39. The second-order valence-electron chi connectivity index (χ2n) is 3.95. The molecule has 1 N–H and O–H groups in total. The van der Waals surface area contributed by atoms with E-state index in [9.17, 15) is 8.42 Å². The molecule has 2 rings (SSSR count). The molecular formula is C12H14NO3S+. The van der Waals surface area contributed by atoms with Gasteiger partial charge in [-0.15, -0.1) is 0 Å². The first-order valence-electron chi connectivity index (χ1n) is 5.34. The Labute approximate surface area is 100 Å². The molecule has 0 saturated carbocycles. The van der Waals surface area contributed by atoms with E-state index >= 15 is 0 Å². The summed E-state index contributed by atoms with van der Waals surface area (Å²) in [5, 5.41) is 0.885. The van der Waals surface area contributed by atoms with Crippen LogP contribution in [0.5, 0.6) is 0 Å². The number of benzene rings is 1. The van der Waals surface area contributed by atoms with Crippen LogP contribution < -0.4 is 4.57 Å². The lowest BCUT2D eigenvalue weighted by Gasteiger charge is -2.03. The van der Waals surface area contributed by atoms with Crippen molar-refractivity contribution >= 4 is 21.0 Å².